The molecule has 1 atom stereocenters. The molecule has 0 aliphatic carbocycles. The molecular weight excluding hydrogens is 352 g/mol. The van der Waals surface area contributed by atoms with E-state index >= 15 is 0 Å². The normalized spacial score (nSPS) is 12.3. The fourth-order valence-electron chi connectivity index (χ4n) is 1.85. The lowest BCUT2D eigenvalue weighted by atomic mass is 9.98. The van der Waals surface area contributed by atoms with Gasteiger partial charge in [0.15, 0.2) is 0 Å². The molecule has 0 fully saturated rings. The van der Waals surface area contributed by atoms with Crippen LogP contribution in [0.3, 0.4) is 0 Å². The molecule has 20 heavy (non-hydrogen) atoms. The lowest BCUT2D eigenvalue weighted by Gasteiger charge is -2.17. The summed E-state index contributed by atoms with van der Waals surface area (Å²) < 4.78 is 32.1. The summed E-state index contributed by atoms with van der Waals surface area (Å²) in [5, 5.41) is -0.0157. The van der Waals surface area contributed by atoms with Crippen LogP contribution < -0.4 is 10.5 Å². The van der Waals surface area contributed by atoms with Crippen LogP contribution in [0, 0.1) is 11.6 Å². The third-order valence-corrected chi connectivity index (χ3v) is 3.81. The number of hydrogen-bond donors (Lipinski definition) is 1. The number of ether oxygens (including phenoxy) is 1. The van der Waals surface area contributed by atoms with Crippen LogP contribution in [0.1, 0.15) is 17.2 Å². The average molecular weight is 363 g/mol. The number of hydrogen-bond acceptors (Lipinski definition) is 2. The second-order valence-electron chi connectivity index (χ2n) is 4.16. The highest BCUT2D eigenvalue weighted by atomic mass is 79.9. The zero-order chi connectivity index (χ0) is 14.9. The van der Waals surface area contributed by atoms with E-state index in [4.69, 9.17) is 22.1 Å². The molecule has 0 radical (unpaired) electrons. The molecule has 2 aromatic rings. The number of methoxy groups -OCH3 is 1. The van der Waals surface area contributed by atoms with Gasteiger partial charge in [0.25, 0.3) is 0 Å². The topological polar surface area (TPSA) is 35.2 Å². The SMILES string of the molecule is COc1cc(F)c(Br)cc1C(N)c1ccc(F)c(Cl)c1. The van der Waals surface area contributed by atoms with Crippen LogP contribution in [0.15, 0.2) is 34.8 Å². The van der Waals surface area contributed by atoms with Crippen molar-refractivity contribution in [2.24, 2.45) is 5.73 Å². The smallest absolute Gasteiger partial charge is 0.141 e. The molecule has 2 rings (SSSR count). The van der Waals surface area contributed by atoms with Gasteiger partial charge < -0.3 is 10.5 Å². The van der Waals surface area contributed by atoms with Gasteiger partial charge in [-0.05, 0) is 39.7 Å². The Morgan fingerprint density at radius 2 is 1.90 bits per heavy atom. The van der Waals surface area contributed by atoms with Crippen LogP contribution in [0.4, 0.5) is 8.78 Å². The Kier molecular flexibility index (Phi) is 4.62. The van der Waals surface area contributed by atoms with Gasteiger partial charge >= 0.3 is 0 Å². The summed E-state index contributed by atoms with van der Waals surface area (Å²) in [5.41, 5.74) is 7.30. The van der Waals surface area contributed by atoms with E-state index in [2.05, 4.69) is 15.9 Å². The lowest BCUT2D eigenvalue weighted by Crippen LogP contribution is -2.13. The summed E-state index contributed by atoms with van der Waals surface area (Å²) in [6.45, 7) is 0. The molecule has 0 aliphatic heterocycles. The predicted octanol–water partition coefficient (Wildman–Crippen LogP) is 4.44. The Morgan fingerprint density at radius 3 is 2.50 bits per heavy atom. The fraction of sp³-hybridized carbons (Fsp3) is 0.143. The molecule has 0 saturated heterocycles. The Labute approximate surface area is 128 Å². The molecule has 2 nitrogen and oxygen atoms in total. The van der Waals surface area contributed by atoms with Crippen molar-refractivity contribution in [1.29, 1.82) is 0 Å². The van der Waals surface area contributed by atoms with Gasteiger partial charge in [0.1, 0.15) is 17.4 Å². The number of nitrogens with two attached hydrogens (primary N) is 1. The minimum atomic E-state index is -0.611. The molecule has 0 aliphatic rings. The van der Waals surface area contributed by atoms with Gasteiger partial charge in [-0.1, -0.05) is 17.7 Å². The lowest BCUT2D eigenvalue weighted by molar-refractivity contribution is 0.404. The fourth-order valence-corrected chi connectivity index (χ4v) is 2.40. The average Bonchev–Trinajstić information content (AvgIpc) is 2.43. The van der Waals surface area contributed by atoms with Gasteiger partial charge in [-0.3, -0.25) is 0 Å². The van der Waals surface area contributed by atoms with Crippen LogP contribution in [-0.2, 0) is 0 Å². The third kappa shape index (κ3) is 2.95. The largest absolute Gasteiger partial charge is 0.496 e. The maximum absolute atomic E-state index is 13.5. The molecule has 0 saturated carbocycles. The first-order valence-electron chi connectivity index (χ1n) is 5.67. The van der Waals surface area contributed by atoms with Gasteiger partial charge in [0.2, 0.25) is 0 Å². The van der Waals surface area contributed by atoms with E-state index in [-0.39, 0.29) is 9.50 Å². The minimum Gasteiger partial charge on any atom is -0.496 e. The highest BCUT2D eigenvalue weighted by Crippen LogP contribution is 2.33. The monoisotopic (exact) mass is 361 g/mol. The second kappa shape index (κ2) is 6.08. The van der Waals surface area contributed by atoms with Crippen molar-refractivity contribution in [2.75, 3.05) is 7.11 Å². The molecule has 0 heterocycles. The van der Waals surface area contributed by atoms with Gasteiger partial charge in [0.05, 0.1) is 22.6 Å². The van der Waals surface area contributed by atoms with E-state index in [1.807, 2.05) is 0 Å². The van der Waals surface area contributed by atoms with Crippen LogP contribution in [0.5, 0.6) is 5.75 Å². The molecule has 106 valence electrons. The van der Waals surface area contributed by atoms with Crippen molar-refractivity contribution in [3.05, 3.63) is 62.6 Å². The molecular formula is C14H11BrClF2NO. The Balaban J connectivity index is 2.49. The van der Waals surface area contributed by atoms with Crippen molar-refractivity contribution < 1.29 is 13.5 Å². The maximum Gasteiger partial charge on any atom is 0.141 e. The van der Waals surface area contributed by atoms with Crippen molar-refractivity contribution in [1.82, 2.24) is 0 Å². The predicted molar refractivity (Wildman–Crippen MR) is 78.1 cm³/mol. The van der Waals surface area contributed by atoms with Crippen molar-refractivity contribution in [3.8, 4) is 5.75 Å². The van der Waals surface area contributed by atoms with Crippen LogP contribution >= 0.6 is 27.5 Å². The van der Waals surface area contributed by atoms with Crippen molar-refractivity contribution in [3.63, 3.8) is 0 Å². The summed E-state index contributed by atoms with van der Waals surface area (Å²) in [6.07, 6.45) is 0. The number of benzene rings is 2. The number of halogens is 4. The zero-order valence-corrected chi connectivity index (χ0v) is 12.8. The van der Waals surface area contributed by atoms with E-state index in [0.29, 0.717) is 16.9 Å². The molecule has 2 N–H and O–H groups in total. The van der Waals surface area contributed by atoms with Crippen LogP contribution in [0.25, 0.3) is 0 Å². The highest BCUT2D eigenvalue weighted by Gasteiger charge is 2.18. The minimum absolute atomic E-state index is 0.0157. The molecule has 6 heteroatoms. The molecule has 2 aromatic carbocycles. The van der Waals surface area contributed by atoms with Gasteiger partial charge in [-0.15, -0.1) is 0 Å². The molecule has 1 unspecified atom stereocenters. The summed E-state index contributed by atoms with van der Waals surface area (Å²) in [4.78, 5) is 0. The van der Waals surface area contributed by atoms with E-state index in [1.54, 1.807) is 0 Å². The summed E-state index contributed by atoms with van der Waals surface area (Å²) >= 11 is 8.85. The third-order valence-electron chi connectivity index (χ3n) is 2.91. The van der Waals surface area contributed by atoms with E-state index < -0.39 is 17.7 Å². The first-order chi connectivity index (χ1) is 9.43. The highest BCUT2D eigenvalue weighted by molar-refractivity contribution is 9.10. The maximum atomic E-state index is 13.5. The Hall–Kier alpha value is -1.17. The van der Waals surface area contributed by atoms with Gasteiger partial charge in [-0.2, -0.15) is 0 Å². The summed E-state index contributed by atoms with van der Waals surface area (Å²) in [7, 11) is 1.43. The van der Waals surface area contributed by atoms with Crippen LogP contribution in [-0.4, -0.2) is 7.11 Å². The second-order valence-corrected chi connectivity index (χ2v) is 5.42. The van der Waals surface area contributed by atoms with Crippen LogP contribution in [0.2, 0.25) is 5.02 Å². The summed E-state index contributed by atoms with van der Waals surface area (Å²) in [6, 6.07) is 6.38. The Bertz CT molecular complexity index is 651. The molecule has 0 spiro atoms. The standard InChI is InChI=1S/C14H11BrClF2NO/c1-20-13-6-12(18)9(15)5-8(13)14(19)7-2-3-11(17)10(16)4-7/h2-6,14H,19H2,1H3. The zero-order valence-electron chi connectivity index (χ0n) is 10.5. The quantitative estimate of drug-likeness (QED) is 0.876. The van der Waals surface area contributed by atoms with E-state index in [0.717, 1.165) is 0 Å². The molecule has 0 bridgehead atoms. The van der Waals surface area contributed by atoms with Crippen molar-refractivity contribution >= 4 is 27.5 Å². The van der Waals surface area contributed by atoms with Gasteiger partial charge in [-0.25, -0.2) is 8.78 Å². The van der Waals surface area contributed by atoms with Gasteiger partial charge in [0, 0.05) is 11.6 Å². The summed E-state index contributed by atoms with van der Waals surface area (Å²) in [5.74, 6) is -0.650. The van der Waals surface area contributed by atoms with E-state index in [9.17, 15) is 8.78 Å². The van der Waals surface area contributed by atoms with Crippen molar-refractivity contribution in [2.45, 2.75) is 6.04 Å². The van der Waals surface area contributed by atoms with E-state index in [1.165, 1.54) is 37.4 Å². The first-order valence-corrected chi connectivity index (χ1v) is 6.84. The molecule has 0 aromatic heterocycles. The molecule has 0 amide bonds. The first kappa shape index (κ1) is 15.2. The Morgan fingerprint density at radius 1 is 1.20 bits per heavy atom. The number of rotatable bonds is 3.